The Morgan fingerprint density at radius 2 is 1.84 bits per heavy atom. The molecule has 0 aliphatic rings. The largest absolute Gasteiger partial charge is 0.488 e. The van der Waals surface area contributed by atoms with Gasteiger partial charge >= 0.3 is 0 Å². The molecule has 0 saturated carbocycles. The van der Waals surface area contributed by atoms with Gasteiger partial charge in [0.15, 0.2) is 0 Å². The van der Waals surface area contributed by atoms with Crippen LogP contribution in [0.3, 0.4) is 0 Å². The van der Waals surface area contributed by atoms with Crippen molar-refractivity contribution in [2.75, 3.05) is 0 Å². The SMILES string of the molecule is CC(C)NC(=O)C(=O)c1c[nH]c2cccc(OCc3ccccc3)c12. The fraction of sp³-hybridized carbons (Fsp3) is 0.200. The van der Waals surface area contributed by atoms with Crippen molar-refractivity contribution in [1.82, 2.24) is 10.3 Å². The normalized spacial score (nSPS) is 10.8. The van der Waals surface area contributed by atoms with Crippen LogP contribution in [0.2, 0.25) is 0 Å². The predicted octanol–water partition coefficient (Wildman–Crippen LogP) is 3.45. The minimum atomic E-state index is -0.617. The number of carbonyl (C=O) groups excluding carboxylic acids is 2. The molecule has 1 aromatic heterocycles. The van der Waals surface area contributed by atoms with Crippen molar-refractivity contribution in [2.24, 2.45) is 0 Å². The first kappa shape index (κ1) is 16.8. The van der Waals surface area contributed by atoms with Crippen molar-refractivity contribution < 1.29 is 14.3 Å². The molecular weight excluding hydrogens is 316 g/mol. The molecule has 0 aliphatic heterocycles. The van der Waals surface area contributed by atoms with Crippen LogP contribution in [0.25, 0.3) is 10.9 Å². The number of aromatic nitrogens is 1. The molecule has 3 rings (SSSR count). The lowest BCUT2D eigenvalue weighted by molar-refractivity contribution is -0.117. The molecule has 0 bridgehead atoms. The van der Waals surface area contributed by atoms with E-state index >= 15 is 0 Å². The minimum Gasteiger partial charge on any atom is -0.488 e. The highest BCUT2D eigenvalue weighted by molar-refractivity contribution is 6.45. The lowest BCUT2D eigenvalue weighted by Gasteiger charge is -2.10. The Balaban J connectivity index is 1.90. The third-order valence-corrected chi connectivity index (χ3v) is 3.78. The number of fused-ring (bicyclic) bond motifs is 1. The fourth-order valence-corrected chi connectivity index (χ4v) is 2.64. The Labute approximate surface area is 146 Å². The molecule has 2 aromatic carbocycles. The van der Waals surface area contributed by atoms with Crippen LogP contribution in [0.15, 0.2) is 54.7 Å². The lowest BCUT2D eigenvalue weighted by atomic mass is 10.1. The van der Waals surface area contributed by atoms with Crippen LogP contribution in [0.4, 0.5) is 0 Å². The highest BCUT2D eigenvalue weighted by Gasteiger charge is 2.22. The van der Waals surface area contributed by atoms with E-state index in [1.165, 1.54) is 0 Å². The van der Waals surface area contributed by atoms with E-state index in [-0.39, 0.29) is 6.04 Å². The maximum atomic E-state index is 12.5. The molecule has 5 nitrogen and oxygen atoms in total. The van der Waals surface area contributed by atoms with Gasteiger partial charge in [0.1, 0.15) is 12.4 Å². The second-order valence-electron chi connectivity index (χ2n) is 6.11. The molecule has 0 saturated heterocycles. The zero-order chi connectivity index (χ0) is 17.8. The monoisotopic (exact) mass is 336 g/mol. The third-order valence-electron chi connectivity index (χ3n) is 3.78. The third kappa shape index (κ3) is 3.71. The number of rotatable bonds is 6. The van der Waals surface area contributed by atoms with Gasteiger partial charge in [-0.25, -0.2) is 0 Å². The van der Waals surface area contributed by atoms with E-state index in [1.54, 1.807) is 12.3 Å². The molecule has 0 unspecified atom stereocenters. The first-order valence-electron chi connectivity index (χ1n) is 8.18. The standard InChI is InChI=1S/C20H20N2O3/c1-13(2)22-20(24)19(23)15-11-21-16-9-6-10-17(18(15)16)25-12-14-7-4-3-5-8-14/h3-11,13,21H,12H2,1-2H3,(H,22,24). The van der Waals surface area contributed by atoms with Gasteiger partial charge in [0.2, 0.25) is 0 Å². The molecule has 1 amide bonds. The van der Waals surface area contributed by atoms with Crippen LogP contribution in [0.1, 0.15) is 29.8 Å². The summed E-state index contributed by atoms with van der Waals surface area (Å²) in [6.07, 6.45) is 1.56. The minimum absolute atomic E-state index is 0.101. The van der Waals surface area contributed by atoms with E-state index in [2.05, 4.69) is 10.3 Å². The van der Waals surface area contributed by atoms with E-state index in [0.717, 1.165) is 11.1 Å². The summed E-state index contributed by atoms with van der Waals surface area (Å²) in [6, 6.07) is 15.2. The average molecular weight is 336 g/mol. The van der Waals surface area contributed by atoms with Crippen LogP contribution < -0.4 is 10.1 Å². The zero-order valence-corrected chi connectivity index (χ0v) is 14.2. The Kier molecular flexibility index (Phi) is 4.84. The molecule has 2 N–H and O–H groups in total. The van der Waals surface area contributed by atoms with Crippen LogP contribution in [0.5, 0.6) is 5.75 Å². The number of hydrogen-bond acceptors (Lipinski definition) is 3. The van der Waals surface area contributed by atoms with Crippen LogP contribution in [-0.2, 0) is 11.4 Å². The number of Topliss-reactive ketones (excluding diaryl/α,β-unsaturated/α-hetero) is 1. The van der Waals surface area contributed by atoms with Crippen molar-refractivity contribution in [3.05, 3.63) is 65.9 Å². The predicted molar refractivity (Wildman–Crippen MR) is 96.7 cm³/mol. The van der Waals surface area contributed by atoms with Gasteiger partial charge in [-0.3, -0.25) is 9.59 Å². The molecule has 0 radical (unpaired) electrons. The highest BCUT2D eigenvalue weighted by Crippen LogP contribution is 2.29. The van der Waals surface area contributed by atoms with Crippen molar-refractivity contribution in [1.29, 1.82) is 0 Å². The van der Waals surface area contributed by atoms with Crippen LogP contribution in [-0.4, -0.2) is 22.7 Å². The number of carbonyl (C=O) groups is 2. The summed E-state index contributed by atoms with van der Waals surface area (Å²) in [4.78, 5) is 27.6. The number of aromatic amines is 1. The van der Waals surface area contributed by atoms with Crippen LogP contribution >= 0.6 is 0 Å². The number of nitrogens with one attached hydrogen (secondary N) is 2. The molecule has 3 aromatic rings. The Hall–Kier alpha value is -3.08. The van der Waals surface area contributed by atoms with Gasteiger partial charge in [-0.05, 0) is 31.5 Å². The van der Waals surface area contributed by atoms with Gasteiger partial charge in [0.05, 0.1) is 10.9 Å². The second kappa shape index (κ2) is 7.21. The first-order valence-corrected chi connectivity index (χ1v) is 8.18. The van der Waals surface area contributed by atoms with E-state index < -0.39 is 11.7 Å². The zero-order valence-electron chi connectivity index (χ0n) is 14.2. The van der Waals surface area contributed by atoms with Gasteiger partial charge in [-0.2, -0.15) is 0 Å². The lowest BCUT2D eigenvalue weighted by Crippen LogP contribution is -2.35. The maximum absolute atomic E-state index is 12.5. The fourth-order valence-electron chi connectivity index (χ4n) is 2.64. The molecule has 128 valence electrons. The van der Waals surface area contributed by atoms with Gasteiger partial charge in [-0.15, -0.1) is 0 Å². The number of H-pyrrole nitrogens is 1. The number of ketones is 1. The molecule has 0 atom stereocenters. The van der Waals surface area contributed by atoms with Gasteiger partial charge in [-0.1, -0.05) is 36.4 Å². The molecule has 1 heterocycles. The molecule has 5 heteroatoms. The quantitative estimate of drug-likeness (QED) is 0.535. The van der Waals surface area contributed by atoms with E-state index in [4.69, 9.17) is 4.74 Å². The van der Waals surface area contributed by atoms with Gasteiger partial charge in [0, 0.05) is 17.8 Å². The maximum Gasteiger partial charge on any atom is 0.292 e. The summed E-state index contributed by atoms with van der Waals surface area (Å²) in [5.74, 6) is -0.618. The summed E-state index contributed by atoms with van der Waals surface area (Å²) < 4.78 is 5.91. The van der Waals surface area contributed by atoms with Crippen molar-refractivity contribution in [3.8, 4) is 5.75 Å². The van der Waals surface area contributed by atoms with Crippen molar-refractivity contribution in [3.63, 3.8) is 0 Å². The van der Waals surface area contributed by atoms with E-state index in [1.807, 2.05) is 56.3 Å². The van der Waals surface area contributed by atoms with E-state index in [0.29, 0.717) is 23.3 Å². The molecule has 0 fully saturated rings. The van der Waals surface area contributed by atoms with E-state index in [9.17, 15) is 9.59 Å². The summed E-state index contributed by atoms with van der Waals surface area (Å²) >= 11 is 0. The first-order chi connectivity index (χ1) is 12.1. The smallest absolute Gasteiger partial charge is 0.292 e. The van der Waals surface area contributed by atoms with Crippen LogP contribution in [0, 0.1) is 0 Å². The summed E-state index contributed by atoms with van der Waals surface area (Å²) in [6.45, 7) is 4.01. The highest BCUT2D eigenvalue weighted by atomic mass is 16.5. The van der Waals surface area contributed by atoms with Crippen molar-refractivity contribution in [2.45, 2.75) is 26.5 Å². The Morgan fingerprint density at radius 1 is 1.08 bits per heavy atom. The number of amides is 1. The summed E-state index contributed by atoms with van der Waals surface area (Å²) in [5.41, 5.74) is 2.10. The number of ether oxygens (including phenoxy) is 1. The number of benzene rings is 2. The molecular formula is C20H20N2O3. The van der Waals surface area contributed by atoms with Gasteiger partial charge < -0.3 is 15.0 Å². The Morgan fingerprint density at radius 3 is 2.56 bits per heavy atom. The molecule has 25 heavy (non-hydrogen) atoms. The van der Waals surface area contributed by atoms with Crippen molar-refractivity contribution >= 4 is 22.6 Å². The molecule has 0 spiro atoms. The summed E-state index contributed by atoms with van der Waals surface area (Å²) in [7, 11) is 0. The molecule has 0 aliphatic carbocycles. The number of hydrogen-bond donors (Lipinski definition) is 2. The topological polar surface area (TPSA) is 71.2 Å². The average Bonchev–Trinajstić information content (AvgIpc) is 3.04. The Bertz CT molecular complexity index is 898. The second-order valence-corrected chi connectivity index (χ2v) is 6.11. The summed E-state index contributed by atoms with van der Waals surface area (Å²) in [5, 5.41) is 3.26. The van der Waals surface area contributed by atoms with Gasteiger partial charge in [0.25, 0.3) is 11.7 Å².